The van der Waals surface area contributed by atoms with Crippen LogP contribution in [-0.4, -0.2) is 58.3 Å². The van der Waals surface area contributed by atoms with Crippen LogP contribution in [0.4, 0.5) is 0 Å². The lowest BCUT2D eigenvalue weighted by atomic mass is 9.36. The van der Waals surface area contributed by atoms with E-state index in [1.165, 1.54) is 6.92 Å². The maximum atomic E-state index is 13.4. The molecule has 0 unspecified atom stereocenters. The van der Waals surface area contributed by atoms with E-state index in [-0.39, 0.29) is 24.9 Å². The predicted octanol–water partition coefficient (Wildman–Crippen LogP) is 0.948. The van der Waals surface area contributed by atoms with E-state index in [0.29, 0.717) is 24.8 Å². The second-order valence-electron chi connectivity index (χ2n) is 10.4. The first-order chi connectivity index (χ1) is 13.5. The Balaban J connectivity index is 1.68. The summed E-state index contributed by atoms with van der Waals surface area (Å²) >= 11 is 0. The molecule has 4 bridgehead atoms. The fraction of sp³-hybridized carbons (Fsp3) is 0.818. The van der Waals surface area contributed by atoms with Crippen LogP contribution in [0.5, 0.6) is 0 Å². The van der Waals surface area contributed by atoms with Crippen LogP contribution in [0.1, 0.15) is 46.0 Å². The van der Waals surface area contributed by atoms with Crippen LogP contribution >= 0.6 is 0 Å². The predicted molar refractivity (Wildman–Crippen MR) is 100 cm³/mol. The van der Waals surface area contributed by atoms with E-state index in [1.54, 1.807) is 0 Å². The normalized spacial score (nSPS) is 55.4. The van der Waals surface area contributed by atoms with Gasteiger partial charge in [-0.15, -0.1) is 0 Å². The topological polar surface area (TPSA) is 113 Å². The van der Waals surface area contributed by atoms with Crippen molar-refractivity contribution in [3.8, 4) is 0 Å². The van der Waals surface area contributed by atoms with Crippen molar-refractivity contribution in [1.82, 2.24) is 0 Å². The molecule has 0 aromatic heterocycles. The minimum absolute atomic E-state index is 0.126. The molecule has 0 amide bonds. The number of ether oxygens (including phenoxy) is 2. The van der Waals surface area contributed by atoms with E-state index < -0.39 is 52.0 Å². The number of hydrogen-bond donors (Lipinski definition) is 3. The number of carbonyl (C=O) groups excluding carboxylic acids is 2. The van der Waals surface area contributed by atoms with Gasteiger partial charge in [0.1, 0.15) is 6.10 Å². The lowest BCUT2D eigenvalue weighted by Gasteiger charge is -2.74. The molecule has 6 rings (SSSR count). The summed E-state index contributed by atoms with van der Waals surface area (Å²) in [5, 5.41) is 34.5. The molecule has 6 fully saturated rings. The van der Waals surface area contributed by atoms with Gasteiger partial charge in [-0.3, -0.25) is 9.59 Å². The summed E-state index contributed by atoms with van der Waals surface area (Å²) in [6.07, 6.45) is 0.925. The van der Waals surface area contributed by atoms with Crippen molar-refractivity contribution in [1.29, 1.82) is 0 Å². The minimum atomic E-state index is -2.07. The van der Waals surface area contributed by atoms with Gasteiger partial charge in [-0.1, -0.05) is 19.9 Å². The van der Waals surface area contributed by atoms with Crippen LogP contribution in [0, 0.1) is 34.0 Å². The summed E-state index contributed by atoms with van der Waals surface area (Å²) in [5.74, 6) is -3.90. The zero-order valence-corrected chi connectivity index (χ0v) is 17.0. The number of allylic oxidation sites excluding steroid dienone is 1. The fourth-order valence-electron chi connectivity index (χ4n) is 8.23. The number of Topliss-reactive ketones (excluding diaryl/α,β-unsaturated/α-hetero) is 1. The molecule has 2 heterocycles. The van der Waals surface area contributed by atoms with Crippen LogP contribution in [0.25, 0.3) is 0 Å². The van der Waals surface area contributed by atoms with Crippen LogP contribution in [0.15, 0.2) is 12.2 Å². The number of rotatable bonds is 2. The third-order valence-electron chi connectivity index (χ3n) is 9.10. The summed E-state index contributed by atoms with van der Waals surface area (Å²) in [6.45, 7) is 7.57. The highest BCUT2D eigenvalue weighted by atomic mass is 16.6. The molecule has 2 saturated heterocycles. The highest BCUT2D eigenvalue weighted by Gasteiger charge is 2.84. The Bertz CT molecular complexity index is 809. The van der Waals surface area contributed by atoms with E-state index in [4.69, 9.17) is 9.47 Å². The minimum Gasteiger partial charge on any atom is -0.465 e. The number of fused-ring (bicyclic) bond motifs is 2. The molecular weight excluding hydrogens is 376 g/mol. The van der Waals surface area contributed by atoms with Gasteiger partial charge in [0.05, 0.1) is 24.7 Å². The number of hydrogen-bond acceptors (Lipinski definition) is 7. The maximum absolute atomic E-state index is 13.4. The fourth-order valence-corrected chi connectivity index (χ4v) is 8.23. The van der Waals surface area contributed by atoms with Crippen LogP contribution in [0.3, 0.4) is 0 Å². The summed E-state index contributed by atoms with van der Waals surface area (Å²) in [4.78, 5) is 24.9. The SMILES string of the molecule is C=C1C(=O)[C@@]23C[C@H]1C[C@@H](O)[C@H]2[C@]12CCC[C@@](C)(COC(C)=O)[C@H]1[C@H](O)[C@@]3(O)OC2. The molecule has 2 spiro atoms. The molecule has 6 aliphatic rings. The summed E-state index contributed by atoms with van der Waals surface area (Å²) in [6, 6.07) is 0. The van der Waals surface area contributed by atoms with Crippen molar-refractivity contribution in [2.24, 2.45) is 34.0 Å². The molecule has 2 aliphatic heterocycles. The zero-order valence-electron chi connectivity index (χ0n) is 17.0. The van der Waals surface area contributed by atoms with Crippen molar-refractivity contribution in [3.05, 3.63) is 12.2 Å². The van der Waals surface area contributed by atoms with Crippen molar-refractivity contribution >= 4 is 11.8 Å². The molecule has 29 heavy (non-hydrogen) atoms. The Hall–Kier alpha value is -1.28. The molecule has 0 aromatic carbocycles. The maximum Gasteiger partial charge on any atom is 0.302 e. The molecule has 4 saturated carbocycles. The first-order valence-electron chi connectivity index (χ1n) is 10.6. The second-order valence-corrected chi connectivity index (χ2v) is 10.4. The van der Waals surface area contributed by atoms with Gasteiger partial charge in [0.25, 0.3) is 0 Å². The Morgan fingerprint density at radius 3 is 2.72 bits per heavy atom. The Morgan fingerprint density at radius 1 is 1.31 bits per heavy atom. The van der Waals surface area contributed by atoms with Crippen LogP contribution in [0.2, 0.25) is 0 Å². The average Bonchev–Trinajstić information content (AvgIpc) is 2.85. The number of esters is 1. The van der Waals surface area contributed by atoms with Gasteiger partial charge in [0, 0.05) is 29.6 Å². The summed E-state index contributed by atoms with van der Waals surface area (Å²) < 4.78 is 11.3. The van der Waals surface area contributed by atoms with Gasteiger partial charge < -0.3 is 24.8 Å². The van der Waals surface area contributed by atoms with E-state index in [2.05, 4.69) is 6.58 Å². The molecule has 4 aliphatic carbocycles. The van der Waals surface area contributed by atoms with Crippen molar-refractivity contribution in [2.75, 3.05) is 13.2 Å². The largest absolute Gasteiger partial charge is 0.465 e. The third-order valence-corrected chi connectivity index (χ3v) is 9.10. The van der Waals surface area contributed by atoms with Crippen LogP contribution < -0.4 is 0 Å². The van der Waals surface area contributed by atoms with E-state index in [9.17, 15) is 24.9 Å². The monoisotopic (exact) mass is 406 g/mol. The Labute approximate surface area is 170 Å². The highest BCUT2D eigenvalue weighted by molar-refractivity contribution is 6.04. The lowest BCUT2D eigenvalue weighted by molar-refractivity contribution is -0.446. The van der Waals surface area contributed by atoms with E-state index in [1.807, 2.05) is 6.92 Å². The third kappa shape index (κ3) is 2.03. The molecule has 3 N–H and O–H groups in total. The molecular formula is C22H30O7. The molecule has 0 aromatic rings. The van der Waals surface area contributed by atoms with Gasteiger partial charge in [-0.2, -0.15) is 0 Å². The standard InChI is InChI=1S/C22H30O7/c1-11-13-7-14(24)15-20-6-4-5-19(3,9-28-12(2)23)16(20)18(26)22(27,29-10-20)21(15,8-13)17(11)25/h13-16,18,24,26-27H,1,4-10H2,2-3H3/t13-,14-,15+,16-,18+,19+,20-,21-,22-/m1/s1. The number of carbonyl (C=O) groups is 2. The molecule has 9 atom stereocenters. The van der Waals surface area contributed by atoms with Gasteiger partial charge in [0.2, 0.25) is 5.79 Å². The number of aliphatic hydroxyl groups excluding tert-OH is 2. The van der Waals surface area contributed by atoms with Gasteiger partial charge in [-0.25, -0.2) is 0 Å². The zero-order chi connectivity index (χ0) is 21.0. The van der Waals surface area contributed by atoms with Crippen molar-refractivity contribution in [2.45, 2.75) is 63.9 Å². The average molecular weight is 406 g/mol. The van der Waals surface area contributed by atoms with Crippen molar-refractivity contribution < 1.29 is 34.4 Å². The number of ketones is 1. The Kier molecular flexibility index (Phi) is 3.86. The summed E-state index contributed by atoms with van der Waals surface area (Å²) in [7, 11) is 0. The van der Waals surface area contributed by atoms with Gasteiger partial charge >= 0.3 is 5.97 Å². The van der Waals surface area contributed by atoms with Crippen molar-refractivity contribution in [3.63, 3.8) is 0 Å². The lowest BCUT2D eigenvalue weighted by Crippen LogP contribution is -2.83. The summed E-state index contributed by atoms with van der Waals surface area (Å²) in [5.41, 5.74) is -2.19. The van der Waals surface area contributed by atoms with Gasteiger partial charge in [0.15, 0.2) is 5.78 Å². The van der Waals surface area contributed by atoms with Crippen LogP contribution in [-0.2, 0) is 19.1 Å². The smallest absolute Gasteiger partial charge is 0.302 e. The van der Waals surface area contributed by atoms with E-state index in [0.717, 1.165) is 12.8 Å². The molecule has 7 nitrogen and oxygen atoms in total. The molecule has 160 valence electrons. The van der Waals surface area contributed by atoms with Gasteiger partial charge in [-0.05, 0) is 37.2 Å². The Morgan fingerprint density at radius 2 is 2.03 bits per heavy atom. The number of aliphatic hydroxyl groups is 3. The second kappa shape index (κ2) is 5.69. The van der Waals surface area contributed by atoms with E-state index >= 15 is 0 Å². The first kappa shape index (κ1) is 19.7. The highest BCUT2D eigenvalue weighted by Crippen LogP contribution is 2.76. The molecule has 7 heteroatoms. The molecule has 0 radical (unpaired) electrons. The first-order valence-corrected chi connectivity index (χ1v) is 10.6. The quantitative estimate of drug-likeness (QED) is 0.462.